The van der Waals surface area contributed by atoms with Crippen molar-refractivity contribution in [1.82, 2.24) is 0 Å². The molecule has 3 aliphatic rings. The van der Waals surface area contributed by atoms with Gasteiger partial charge < -0.3 is 0 Å². The third-order valence-electron chi connectivity index (χ3n) is 10.3. The Hall–Kier alpha value is -1.32. The molecule has 1 aromatic rings. The maximum absolute atomic E-state index is 15.5. The van der Waals surface area contributed by atoms with Crippen molar-refractivity contribution in [1.29, 1.82) is 0 Å². The number of alkyl halides is 2. The van der Waals surface area contributed by atoms with Crippen molar-refractivity contribution < 1.29 is 18.0 Å². The first kappa shape index (κ1) is 28.7. The number of hydrogen-bond acceptors (Lipinski definition) is 1. The lowest BCUT2D eigenvalue weighted by atomic mass is 9.68. The van der Waals surface area contributed by atoms with Gasteiger partial charge >= 0.3 is 0 Å². The van der Waals surface area contributed by atoms with Gasteiger partial charge in [-0.25, -0.2) is 13.2 Å². The van der Waals surface area contributed by atoms with Crippen molar-refractivity contribution in [2.45, 2.75) is 135 Å². The first-order valence-corrected chi connectivity index (χ1v) is 15.5. The van der Waals surface area contributed by atoms with E-state index >= 15 is 4.39 Å². The zero-order valence-corrected chi connectivity index (χ0v) is 23.3. The van der Waals surface area contributed by atoms with E-state index in [1.165, 1.54) is 51.0 Å². The van der Waals surface area contributed by atoms with Crippen LogP contribution in [0.15, 0.2) is 12.1 Å². The van der Waals surface area contributed by atoms with Gasteiger partial charge in [0, 0.05) is 12.0 Å². The van der Waals surface area contributed by atoms with Gasteiger partial charge in [-0.3, -0.25) is 4.79 Å². The second-order valence-electron chi connectivity index (χ2n) is 12.7. The second kappa shape index (κ2) is 13.7. The molecule has 0 aliphatic heterocycles. The Morgan fingerprint density at radius 1 is 0.757 bits per heavy atom. The van der Waals surface area contributed by atoms with Gasteiger partial charge in [-0.2, -0.15) is 0 Å². The lowest BCUT2D eigenvalue weighted by Crippen LogP contribution is -2.26. The number of halogens is 3. The second-order valence-corrected chi connectivity index (χ2v) is 12.7. The Morgan fingerprint density at radius 3 is 1.73 bits per heavy atom. The van der Waals surface area contributed by atoms with Crippen LogP contribution in [0.3, 0.4) is 0 Å². The molecule has 0 spiro atoms. The van der Waals surface area contributed by atoms with Gasteiger partial charge in [-0.15, -0.1) is 0 Å². The molecular formula is C33H49F3O. The van der Waals surface area contributed by atoms with Gasteiger partial charge in [0.25, 0.3) is 6.43 Å². The Balaban J connectivity index is 1.33. The molecule has 4 heteroatoms. The molecule has 0 atom stereocenters. The van der Waals surface area contributed by atoms with Crippen LogP contribution in [0.2, 0.25) is 0 Å². The number of benzene rings is 1. The Labute approximate surface area is 223 Å². The van der Waals surface area contributed by atoms with Crippen LogP contribution in [0, 0.1) is 35.4 Å². The first-order chi connectivity index (χ1) is 17.9. The predicted octanol–water partition coefficient (Wildman–Crippen LogP) is 10.8. The summed E-state index contributed by atoms with van der Waals surface area (Å²) in [7, 11) is 0. The topological polar surface area (TPSA) is 17.1 Å². The number of ketones is 1. The molecular weight excluding hydrogens is 469 g/mol. The van der Waals surface area contributed by atoms with Crippen LogP contribution in [0.1, 0.15) is 157 Å². The van der Waals surface area contributed by atoms with E-state index in [-0.39, 0.29) is 29.6 Å². The Bertz CT molecular complexity index is 857. The van der Waals surface area contributed by atoms with Crippen molar-refractivity contribution in [2.75, 3.05) is 0 Å². The number of carbonyl (C=O) groups excluding carboxylic acids is 1. The molecule has 0 amide bonds. The molecule has 0 radical (unpaired) electrons. The van der Waals surface area contributed by atoms with Crippen molar-refractivity contribution >= 4 is 5.78 Å². The van der Waals surface area contributed by atoms with Gasteiger partial charge in [0.2, 0.25) is 0 Å². The minimum Gasteiger partial charge on any atom is -0.294 e. The van der Waals surface area contributed by atoms with Crippen molar-refractivity contribution in [3.63, 3.8) is 0 Å². The van der Waals surface area contributed by atoms with E-state index in [1.54, 1.807) is 6.07 Å². The highest BCUT2D eigenvalue weighted by Gasteiger charge is 2.33. The molecule has 0 aromatic heterocycles. The monoisotopic (exact) mass is 518 g/mol. The van der Waals surface area contributed by atoms with Gasteiger partial charge in [-0.1, -0.05) is 64.5 Å². The third-order valence-corrected chi connectivity index (χ3v) is 10.3. The summed E-state index contributed by atoms with van der Waals surface area (Å²) in [6, 6.07) is 3.16. The van der Waals surface area contributed by atoms with Gasteiger partial charge in [-0.05, 0) is 105 Å². The molecule has 1 nitrogen and oxygen atoms in total. The summed E-state index contributed by atoms with van der Waals surface area (Å²) in [6.07, 6.45) is 15.8. The van der Waals surface area contributed by atoms with Gasteiger partial charge in [0.1, 0.15) is 5.82 Å². The van der Waals surface area contributed by atoms with E-state index in [9.17, 15) is 13.6 Å². The SMILES string of the molecule is CCCC1CCC(c2ccc(C(=O)CC3CCC(C4CCC(CCC)CC4)CC3)c(C(F)F)c2F)CC1. The average Bonchev–Trinajstić information content (AvgIpc) is 2.90. The summed E-state index contributed by atoms with van der Waals surface area (Å²) in [5.41, 5.74) is -0.320. The minimum atomic E-state index is -2.96. The lowest BCUT2D eigenvalue weighted by Gasteiger charge is -2.38. The van der Waals surface area contributed by atoms with Crippen molar-refractivity contribution in [3.8, 4) is 0 Å². The van der Waals surface area contributed by atoms with E-state index in [0.717, 1.165) is 75.5 Å². The summed E-state index contributed by atoms with van der Waals surface area (Å²) in [4.78, 5) is 13.2. The maximum Gasteiger partial charge on any atom is 0.267 e. The lowest BCUT2D eigenvalue weighted by molar-refractivity contribution is 0.0904. The fraction of sp³-hybridized carbons (Fsp3) is 0.788. The number of hydrogen-bond donors (Lipinski definition) is 0. The smallest absolute Gasteiger partial charge is 0.267 e. The highest BCUT2D eigenvalue weighted by Crippen LogP contribution is 2.44. The standard InChI is InChI=1S/C33H49F3O/c1-3-5-22-7-13-25(14-8-22)26-15-11-24(12-16-26)21-30(37)29-20-19-28(32(34)31(29)33(35)36)27-17-9-23(6-4-2)10-18-27/h19-20,22-27,33H,3-18,21H2,1-2H3. The molecule has 208 valence electrons. The zero-order valence-electron chi connectivity index (χ0n) is 23.3. The summed E-state index contributed by atoms with van der Waals surface area (Å²) in [6.45, 7) is 4.46. The van der Waals surface area contributed by atoms with Gasteiger partial charge in [0.05, 0.1) is 5.56 Å². The number of Topliss-reactive ketones (excluding diaryl/α,β-unsaturated/α-hetero) is 1. The minimum absolute atomic E-state index is 0.0120. The fourth-order valence-corrected chi connectivity index (χ4v) is 8.14. The highest BCUT2D eigenvalue weighted by atomic mass is 19.3. The molecule has 37 heavy (non-hydrogen) atoms. The van der Waals surface area contributed by atoms with E-state index in [2.05, 4.69) is 13.8 Å². The van der Waals surface area contributed by atoms with E-state index in [4.69, 9.17) is 0 Å². The van der Waals surface area contributed by atoms with E-state index < -0.39 is 17.8 Å². The van der Waals surface area contributed by atoms with Crippen LogP contribution in [0.4, 0.5) is 13.2 Å². The van der Waals surface area contributed by atoms with Crippen LogP contribution in [-0.2, 0) is 0 Å². The van der Waals surface area contributed by atoms with Gasteiger partial charge in [0.15, 0.2) is 5.78 Å². The molecule has 3 fully saturated rings. The summed E-state index contributed by atoms with van der Waals surface area (Å²) in [5, 5.41) is 0. The van der Waals surface area contributed by atoms with Crippen LogP contribution >= 0.6 is 0 Å². The van der Waals surface area contributed by atoms with Crippen molar-refractivity contribution in [3.05, 3.63) is 34.6 Å². The van der Waals surface area contributed by atoms with E-state index in [0.29, 0.717) is 11.5 Å². The third kappa shape index (κ3) is 7.21. The molecule has 4 rings (SSSR count). The zero-order chi connectivity index (χ0) is 26.4. The van der Waals surface area contributed by atoms with Crippen LogP contribution in [0.5, 0.6) is 0 Å². The quantitative estimate of drug-likeness (QED) is 0.282. The summed E-state index contributed by atoms with van der Waals surface area (Å²) >= 11 is 0. The average molecular weight is 519 g/mol. The Morgan fingerprint density at radius 2 is 1.24 bits per heavy atom. The Kier molecular flexibility index (Phi) is 10.6. The molecule has 0 N–H and O–H groups in total. The van der Waals surface area contributed by atoms with Crippen LogP contribution < -0.4 is 0 Å². The molecule has 3 saturated carbocycles. The predicted molar refractivity (Wildman–Crippen MR) is 146 cm³/mol. The first-order valence-electron chi connectivity index (χ1n) is 15.5. The van der Waals surface area contributed by atoms with Crippen molar-refractivity contribution in [2.24, 2.45) is 29.6 Å². The number of rotatable bonds is 10. The molecule has 0 heterocycles. The van der Waals surface area contributed by atoms with Crippen LogP contribution in [-0.4, -0.2) is 5.78 Å². The normalized spacial score (nSPS) is 31.0. The molecule has 0 unspecified atom stereocenters. The summed E-state index contributed by atoms with van der Waals surface area (Å²) in [5.74, 6) is 2.29. The largest absolute Gasteiger partial charge is 0.294 e. The molecule has 3 aliphatic carbocycles. The maximum atomic E-state index is 15.5. The molecule has 1 aromatic carbocycles. The fourth-order valence-electron chi connectivity index (χ4n) is 8.14. The molecule has 0 saturated heterocycles. The summed E-state index contributed by atoms with van der Waals surface area (Å²) < 4.78 is 43.6. The van der Waals surface area contributed by atoms with E-state index in [1.807, 2.05) is 0 Å². The molecule has 0 bridgehead atoms. The van der Waals surface area contributed by atoms with Crippen LogP contribution in [0.25, 0.3) is 0 Å². The number of carbonyl (C=O) groups is 1. The highest BCUT2D eigenvalue weighted by molar-refractivity contribution is 5.97.